The smallest absolute Gasteiger partial charge is 0.258 e. The van der Waals surface area contributed by atoms with E-state index in [0.29, 0.717) is 18.4 Å². The summed E-state index contributed by atoms with van der Waals surface area (Å²) >= 11 is 0. The van der Waals surface area contributed by atoms with Crippen LogP contribution < -0.4 is 14.8 Å². The second-order valence-corrected chi connectivity index (χ2v) is 6.79. The van der Waals surface area contributed by atoms with Gasteiger partial charge >= 0.3 is 0 Å². The highest BCUT2D eigenvalue weighted by atomic mass is 16.5. The van der Waals surface area contributed by atoms with E-state index in [0.717, 1.165) is 41.8 Å². The number of methoxy groups -OCH3 is 1. The minimum absolute atomic E-state index is 0.0960. The topological polar surface area (TPSA) is 50.8 Å². The maximum absolute atomic E-state index is 13.1. The number of carbonyl (C=O) groups excluding carboxylic acids is 1. The summed E-state index contributed by atoms with van der Waals surface area (Å²) in [5.74, 6) is 1.53. The quantitative estimate of drug-likeness (QED) is 0.846. The molecule has 4 rings (SSSR count). The molecule has 1 fully saturated rings. The standard InChI is InChI=1S/C21H24N2O3/c1-3-12-26-19-13-14(8-11-18(19)25-2)20-22-17-7-5-4-6-16(17)21(24)23(20)15-9-10-15/h4-8,11,13,15,20,22H,3,9-10,12H2,1-2H3. The van der Waals surface area contributed by atoms with Crippen molar-refractivity contribution >= 4 is 11.6 Å². The van der Waals surface area contributed by atoms with E-state index in [9.17, 15) is 4.79 Å². The van der Waals surface area contributed by atoms with Crippen molar-refractivity contribution in [1.29, 1.82) is 0 Å². The Morgan fingerprint density at radius 3 is 2.69 bits per heavy atom. The Morgan fingerprint density at radius 2 is 1.96 bits per heavy atom. The number of ether oxygens (including phenoxy) is 2. The average molecular weight is 352 g/mol. The summed E-state index contributed by atoms with van der Waals surface area (Å²) in [4.78, 5) is 15.1. The number of anilines is 1. The summed E-state index contributed by atoms with van der Waals surface area (Å²) in [7, 11) is 1.64. The lowest BCUT2D eigenvalue weighted by atomic mass is 10.0. The van der Waals surface area contributed by atoms with Gasteiger partial charge in [-0.3, -0.25) is 4.79 Å². The number of hydrogen-bond acceptors (Lipinski definition) is 4. The molecule has 2 aromatic carbocycles. The molecule has 1 aliphatic carbocycles. The predicted octanol–water partition coefficient (Wildman–Crippen LogP) is 4.21. The summed E-state index contributed by atoms with van der Waals surface area (Å²) < 4.78 is 11.3. The molecule has 5 heteroatoms. The van der Waals surface area contributed by atoms with Crippen LogP contribution in [-0.4, -0.2) is 30.6 Å². The Morgan fingerprint density at radius 1 is 1.15 bits per heavy atom. The van der Waals surface area contributed by atoms with E-state index in [2.05, 4.69) is 12.2 Å². The van der Waals surface area contributed by atoms with Crippen molar-refractivity contribution in [2.24, 2.45) is 0 Å². The maximum atomic E-state index is 13.1. The van der Waals surface area contributed by atoms with Crippen molar-refractivity contribution in [1.82, 2.24) is 4.90 Å². The second-order valence-electron chi connectivity index (χ2n) is 6.79. The van der Waals surface area contributed by atoms with Gasteiger partial charge in [-0.2, -0.15) is 0 Å². The lowest BCUT2D eigenvalue weighted by Gasteiger charge is -2.38. The molecule has 0 bridgehead atoms. The van der Waals surface area contributed by atoms with Crippen LogP contribution in [0.2, 0.25) is 0 Å². The first-order valence-corrected chi connectivity index (χ1v) is 9.22. The van der Waals surface area contributed by atoms with Gasteiger partial charge in [0.05, 0.1) is 19.3 Å². The van der Waals surface area contributed by atoms with Crippen molar-refractivity contribution in [2.75, 3.05) is 19.0 Å². The molecule has 2 aliphatic rings. The Kier molecular flexibility index (Phi) is 4.45. The molecule has 26 heavy (non-hydrogen) atoms. The molecule has 136 valence electrons. The third kappa shape index (κ3) is 2.98. The van der Waals surface area contributed by atoms with Crippen molar-refractivity contribution < 1.29 is 14.3 Å². The first-order valence-electron chi connectivity index (χ1n) is 9.22. The van der Waals surface area contributed by atoms with E-state index < -0.39 is 0 Å². The summed E-state index contributed by atoms with van der Waals surface area (Å²) in [6.07, 6.45) is 2.85. The van der Waals surface area contributed by atoms with Crippen LogP contribution in [-0.2, 0) is 0 Å². The number of nitrogens with one attached hydrogen (secondary N) is 1. The highest BCUT2D eigenvalue weighted by Gasteiger charge is 2.42. The lowest BCUT2D eigenvalue weighted by Crippen LogP contribution is -2.44. The van der Waals surface area contributed by atoms with E-state index >= 15 is 0 Å². The fourth-order valence-corrected chi connectivity index (χ4v) is 3.43. The number of hydrogen-bond donors (Lipinski definition) is 1. The molecule has 1 saturated carbocycles. The third-order valence-corrected chi connectivity index (χ3v) is 4.87. The normalized spacial score (nSPS) is 18.9. The highest BCUT2D eigenvalue weighted by molar-refractivity contribution is 6.02. The van der Waals surface area contributed by atoms with Crippen molar-refractivity contribution in [3.63, 3.8) is 0 Å². The monoisotopic (exact) mass is 352 g/mol. The van der Waals surface area contributed by atoms with E-state index in [1.54, 1.807) is 7.11 Å². The van der Waals surface area contributed by atoms with Gasteiger partial charge < -0.3 is 19.7 Å². The fourth-order valence-electron chi connectivity index (χ4n) is 3.43. The molecular formula is C21H24N2O3. The fraction of sp³-hybridized carbons (Fsp3) is 0.381. The number of benzene rings is 2. The summed E-state index contributed by atoms with van der Waals surface area (Å²) in [5, 5.41) is 3.54. The van der Waals surface area contributed by atoms with Crippen LogP contribution in [0.3, 0.4) is 0 Å². The van der Waals surface area contributed by atoms with Crippen molar-refractivity contribution in [3.05, 3.63) is 53.6 Å². The summed E-state index contributed by atoms with van der Waals surface area (Å²) in [6, 6.07) is 13.9. The minimum Gasteiger partial charge on any atom is -0.493 e. The molecule has 1 amide bonds. The molecule has 1 heterocycles. The van der Waals surface area contributed by atoms with Crippen LogP contribution in [0.15, 0.2) is 42.5 Å². The number of amides is 1. The SMILES string of the molecule is CCCOc1cc(C2Nc3ccccc3C(=O)N2C2CC2)ccc1OC. The van der Waals surface area contributed by atoms with Crippen LogP contribution in [0.4, 0.5) is 5.69 Å². The number of nitrogens with zero attached hydrogens (tertiary/aromatic N) is 1. The number of carbonyl (C=O) groups is 1. The first kappa shape index (κ1) is 16.8. The minimum atomic E-state index is -0.195. The van der Waals surface area contributed by atoms with Gasteiger partial charge in [0.25, 0.3) is 5.91 Å². The largest absolute Gasteiger partial charge is 0.493 e. The molecule has 0 spiro atoms. The lowest BCUT2D eigenvalue weighted by molar-refractivity contribution is 0.0666. The molecule has 0 aromatic heterocycles. The van der Waals surface area contributed by atoms with Gasteiger partial charge in [-0.1, -0.05) is 25.1 Å². The molecule has 1 atom stereocenters. The predicted molar refractivity (Wildman–Crippen MR) is 101 cm³/mol. The zero-order chi connectivity index (χ0) is 18.1. The summed E-state index contributed by atoms with van der Waals surface area (Å²) in [6.45, 7) is 2.70. The van der Waals surface area contributed by atoms with Gasteiger partial charge in [0.15, 0.2) is 11.5 Å². The van der Waals surface area contributed by atoms with Crippen LogP contribution in [0.5, 0.6) is 11.5 Å². The van der Waals surface area contributed by atoms with E-state index in [1.807, 2.05) is 47.4 Å². The molecule has 1 aliphatic heterocycles. The average Bonchev–Trinajstić information content (AvgIpc) is 3.51. The van der Waals surface area contributed by atoms with Crippen LogP contribution in [0, 0.1) is 0 Å². The number of rotatable bonds is 6. The molecule has 1 N–H and O–H groups in total. The molecular weight excluding hydrogens is 328 g/mol. The molecule has 1 unspecified atom stereocenters. The van der Waals surface area contributed by atoms with E-state index in [1.165, 1.54) is 0 Å². The number of para-hydroxylation sites is 1. The first-order chi connectivity index (χ1) is 12.7. The zero-order valence-corrected chi connectivity index (χ0v) is 15.2. The van der Waals surface area contributed by atoms with Gasteiger partial charge in [0.1, 0.15) is 6.17 Å². The Labute approximate surface area is 153 Å². The van der Waals surface area contributed by atoms with Crippen LogP contribution in [0.25, 0.3) is 0 Å². The zero-order valence-electron chi connectivity index (χ0n) is 15.2. The van der Waals surface area contributed by atoms with Gasteiger partial charge in [0, 0.05) is 11.7 Å². The van der Waals surface area contributed by atoms with Crippen molar-refractivity contribution in [2.45, 2.75) is 38.4 Å². The second kappa shape index (κ2) is 6.90. The van der Waals surface area contributed by atoms with Crippen molar-refractivity contribution in [3.8, 4) is 11.5 Å². The molecule has 5 nitrogen and oxygen atoms in total. The van der Waals surface area contributed by atoms with Gasteiger partial charge in [-0.25, -0.2) is 0 Å². The molecule has 0 saturated heterocycles. The Bertz CT molecular complexity index is 817. The Hall–Kier alpha value is -2.69. The highest BCUT2D eigenvalue weighted by Crippen LogP contribution is 2.42. The van der Waals surface area contributed by atoms with Gasteiger partial charge in [-0.15, -0.1) is 0 Å². The van der Waals surface area contributed by atoms with Crippen LogP contribution >= 0.6 is 0 Å². The third-order valence-electron chi connectivity index (χ3n) is 4.87. The van der Waals surface area contributed by atoms with E-state index in [-0.39, 0.29) is 12.1 Å². The van der Waals surface area contributed by atoms with E-state index in [4.69, 9.17) is 9.47 Å². The molecule has 2 aromatic rings. The van der Waals surface area contributed by atoms with Crippen LogP contribution in [0.1, 0.15) is 48.3 Å². The summed E-state index contributed by atoms with van der Waals surface area (Å²) in [5.41, 5.74) is 2.63. The number of fused-ring (bicyclic) bond motifs is 1. The Balaban J connectivity index is 1.72. The molecule has 0 radical (unpaired) electrons. The van der Waals surface area contributed by atoms with Gasteiger partial charge in [0.2, 0.25) is 0 Å². The van der Waals surface area contributed by atoms with Gasteiger partial charge in [-0.05, 0) is 49.1 Å². The maximum Gasteiger partial charge on any atom is 0.258 e.